The molecule has 0 unspecified atom stereocenters. The molecule has 2 aromatic rings. The van der Waals surface area contributed by atoms with Gasteiger partial charge < -0.3 is 4.90 Å². The second kappa shape index (κ2) is 6.48. The molecule has 26 heavy (non-hydrogen) atoms. The second-order valence-corrected chi connectivity index (χ2v) is 8.66. The summed E-state index contributed by atoms with van der Waals surface area (Å²) in [6, 6.07) is 4.95. The zero-order chi connectivity index (χ0) is 18.2. The molecule has 4 heterocycles. The SMILES string of the molecule is O=C(N1CCC1)C1(n2cccn2)CCN(S(=O)(=O)c2cccnc2)CC1. The minimum Gasteiger partial charge on any atom is -0.340 e. The Morgan fingerprint density at radius 1 is 1.08 bits per heavy atom. The summed E-state index contributed by atoms with van der Waals surface area (Å²) in [5.74, 6) is 0.0471. The van der Waals surface area contributed by atoms with Crippen LogP contribution >= 0.6 is 0 Å². The Morgan fingerprint density at radius 3 is 2.38 bits per heavy atom. The van der Waals surface area contributed by atoms with Gasteiger partial charge in [0, 0.05) is 51.0 Å². The highest BCUT2D eigenvalue weighted by molar-refractivity contribution is 7.89. The summed E-state index contributed by atoms with van der Waals surface area (Å²) >= 11 is 0. The first-order valence-corrected chi connectivity index (χ1v) is 10.2. The van der Waals surface area contributed by atoms with Crippen molar-refractivity contribution in [3.05, 3.63) is 43.0 Å². The van der Waals surface area contributed by atoms with Crippen molar-refractivity contribution in [1.29, 1.82) is 0 Å². The number of amides is 1. The number of likely N-dealkylation sites (tertiary alicyclic amines) is 1. The number of carbonyl (C=O) groups is 1. The third-order valence-corrected chi connectivity index (χ3v) is 7.19. The van der Waals surface area contributed by atoms with E-state index in [-0.39, 0.29) is 23.9 Å². The molecule has 4 rings (SSSR count). The fourth-order valence-electron chi connectivity index (χ4n) is 3.62. The third kappa shape index (κ3) is 2.71. The Labute approximate surface area is 152 Å². The van der Waals surface area contributed by atoms with Gasteiger partial charge in [-0.1, -0.05) is 0 Å². The maximum atomic E-state index is 13.1. The lowest BCUT2D eigenvalue weighted by Gasteiger charge is -2.45. The van der Waals surface area contributed by atoms with Crippen LogP contribution in [0.4, 0.5) is 0 Å². The number of rotatable bonds is 4. The topological polar surface area (TPSA) is 88.4 Å². The molecule has 2 aliphatic heterocycles. The van der Waals surface area contributed by atoms with Crippen LogP contribution in [-0.2, 0) is 20.4 Å². The highest BCUT2D eigenvalue weighted by Crippen LogP contribution is 2.35. The van der Waals surface area contributed by atoms with Crippen LogP contribution in [0.25, 0.3) is 0 Å². The Balaban J connectivity index is 1.59. The standard InChI is InChI=1S/C17H21N5O3S/c23-16(20-9-3-10-20)17(22-11-2-8-19-22)5-12-21(13-6-17)26(24,25)15-4-1-7-18-14-15/h1-2,4,7-8,11,14H,3,5-6,9-10,12-13H2. The summed E-state index contributed by atoms with van der Waals surface area (Å²) in [7, 11) is -3.60. The maximum absolute atomic E-state index is 13.1. The van der Waals surface area contributed by atoms with Gasteiger partial charge in [0.1, 0.15) is 10.4 Å². The molecular formula is C17H21N5O3S. The van der Waals surface area contributed by atoms with Gasteiger partial charge >= 0.3 is 0 Å². The average Bonchev–Trinajstić information content (AvgIpc) is 3.16. The van der Waals surface area contributed by atoms with Gasteiger partial charge in [0.25, 0.3) is 5.91 Å². The van der Waals surface area contributed by atoms with Gasteiger partial charge in [-0.25, -0.2) is 8.42 Å². The van der Waals surface area contributed by atoms with Crippen molar-refractivity contribution >= 4 is 15.9 Å². The zero-order valence-corrected chi connectivity index (χ0v) is 15.2. The molecule has 2 aliphatic rings. The Kier molecular flexibility index (Phi) is 4.28. The molecule has 0 spiro atoms. The minimum absolute atomic E-state index is 0.0471. The first-order chi connectivity index (χ1) is 12.5. The van der Waals surface area contributed by atoms with Crippen molar-refractivity contribution < 1.29 is 13.2 Å². The van der Waals surface area contributed by atoms with Gasteiger partial charge in [0.15, 0.2) is 0 Å². The predicted octanol–water partition coefficient (Wildman–Crippen LogP) is 0.690. The number of carbonyl (C=O) groups excluding carboxylic acids is 1. The van der Waals surface area contributed by atoms with Crippen molar-refractivity contribution in [2.75, 3.05) is 26.2 Å². The van der Waals surface area contributed by atoms with Crippen LogP contribution in [0.1, 0.15) is 19.3 Å². The molecule has 0 atom stereocenters. The van der Waals surface area contributed by atoms with Gasteiger partial charge in [0.2, 0.25) is 10.0 Å². The summed E-state index contributed by atoms with van der Waals surface area (Å²) in [5.41, 5.74) is -0.801. The van der Waals surface area contributed by atoms with Crippen LogP contribution in [0.15, 0.2) is 47.9 Å². The number of aromatic nitrogens is 3. The van der Waals surface area contributed by atoms with Crippen molar-refractivity contribution in [2.24, 2.45) is 0 Å². The number of nitrogens with zero attached hydrogens (tertiary/aromatic N) is 5. The number of hydrogen-bond donors (Lipinski definition) is 0. The van der Waals surface area contributed by atoms with Crippen LogP contribution in [0.3, 0.4) is 0 Å². The van der Waals surface area contributed by atoms with E-state index >= 15 is 0 Å². The lowest BCUT2D eigenvalue weighted by atomic mass is 9.86. The molecule has 0 radical (unpaired) electrons. The van der Waals surface area contributed by atoms with Crippen LogP contribution < -0.4 is 0 Å². The van der Waals surface area contributed by atoms with E-state index in [4.69, 9.17) is 0 Å². The lowest BCUT2D eigenvalue weighted by Crippen LogP contribution is -2.59. The van der Waals surface area contributed by atoms with Crippen LogP contribution in [0, 0.1) is 0 Å². The number of hydrogen-bond acceptors (Lipinski definition) is 5. The highest BCUT2D eigenvalue weighted by atomic mass is 32.2. The fraction of sp³-hybridized carbons (Fsp3) is 0.471. The van der Waals surface area contributed by atoms with E-state index in [9.17, 15) is 13.2 Å². The quantitative estimate of drug-likeness (QED) is 0.785. The monoisotopic (exact) mass is 375 g/mol. The molecule has 138 valence electrons. The fourth-order valence-corrected chi connectivity index (χ4v) is 5.03. The molecule has 9 heteroatoms. The molecular weight excluding hydrogens is 354 g/mol. The summed E-state index contributed by atoms with van der Waals surface area (Å²) in [6.45, 7) is 2.08. The van der Waals surface area contributed by atoms with Crippen molar-refractivity contribution in [3.8, 4) is 0 Å². The highest BCUT2D eigenvalue weighted by Gasteiger charge is 2.48. The predicted molar refractivity (Wildman–Crippen MR) is 93.6 cm³/mol. The van der Waals surface area contributed by atoms with Gasteiger partial charge in [-0.2, -0.15) is 9.40 Å². The maximum Gasteiger partial charge on any atom is 0.250 e. The van der Waals surface area contributed by atoms with Crippen molar-refractivity contribution in [1.82, 2.24) is 24.0 Å². The van der Waals surface area contributed by atoms with E-state index in [0.29, 0.717) is 12.8 Å². The van der Waals surface area contributed by atoms with Gasteiger partial charge in [-0.05, 0) is 37.5 Å². The van der Waals surface area contributed by atoms with E-state index < -0.39 is 15.6 Å². The summed E-state index contributed by atoms with van der Waals surface area (Å²) in [6.07, 6.45) is 8.18. The third-order valence-electron chi connectivity index (χ3n) is 5.31. The molecule has 0 aromatic carbocycles. The lowest BCUT2D eigenvalue weighted by molar-refractivity contribution is -0.147. The Morgan fingerprint density at radius 2 is 1.85 bits per heavy atom. The first kappa shape index (κ1) is 17.2. The molecule has 0 aliphatic carbocycles. The number of piperidine rings is 1. The second-order valence-electron chi connectivity index (χ2n) is 6.72. The molecule has 2 fully saturated rings. The normalized spacial score (nSPS) is 20.5. The molecule has 0 N–H and O–H groups in total. The van der Waals surface area contributed by atoms with Gasteiger partial charge in [-0.15, -0.1) is 0 Å². The molecule has 2 aromatic heterocycles. The van der Waals surface area contributed by atoms with Gasteiger partial charge in [-0.3, -0.25) is 14.5 Å². The minimum atomic E-state index is -3.60. The molecule has 0 bridgehead atoms. The van der Waals surface area contributed by atoms with E-state index in [1.54, 1.807) is 41.5 Å². The Hall–Kier alpha value is -2.26. The average molecular weight is 375 g/mol. The van der Waals surface area contributed by atoms with E-state index in [1.165, 1.54) is 10.5 Å². The number of sulfonamides is 1. The number of pyridine rings is 1. The van der Waals surface area contributed by atoms with E-state index in [1.807, 2.05) is 4.90 Å². The summed E-state index contributed by atoms with van der Waals surface area (Å²) < 4.78 is 28.8. The first-order valence-electron chi connectivity index (χ1n) is 8.74. The van der Waals surface area contributed by atoms with E-state index in [2.05, 4.69) is 10.1 Å². The largest absolute Gasteiger partial charge is 0.340 e. The van der Waals surface area contributed by atoms with Gasteiger partial charge in [0.05, 0.1) is 0 Å². The summed E-state index contributed by atoms with van der Waals surface area (Å²) in [5, 5.41) is 4.31. The van der Waals surface area contributed by atoms with Crippen molar-refractivity contribution in [2.45, 2.75) is 29.7 Å². The van der Waals surface area contributed by atoms with Crippen LogP contribution in [0.5, 0.6) is 0 Å². The van der Waals surface area contributed by atoms with Crippen LogP contribution in [0.2, 0.25) is 0 Å². The van der Waals surface area contributed by atoms with Crippen LogP contribution in [-0.4, -0.2) is 64.5 Å². The Bertz CT molecular complexity index is 870. The summed E-state index contributed by atoms with van der Waals surface area (Å²) in [4.78, 5) is 19.0. The molecule has 8 nitrogen and oxygen atoms in total. The van der Waals surface area contributed by atoms with Crippen molar-refractivity contribution in [3.63, 3.8) is 0 Å². The molecule has 2 saturated heterocycles. The molecule has 1 amide bonds. The molecule has 0 saturated carbocycles. The zero-order valence-electron chi connectivity index (χ0n) is 14.4. The smallest absolute Gasteiger partial charge is 0.250 e. The van der Waals surface area contributed by atoms with E-state index in [0.717, 1.165) is 19.5 Å².